The summed E-state index contributed by atoms with van der Waals surface area (Å²) in [7, 11) is 0. The fourth-order valence-corrected chi connectivity index (χ4v) is 1.29. The molecule has 0 unspecified atom stereocenters. The molecule has 1 rings (SSSR count). The molecule has 0 aromatic heterocycles. The lowest BCUT2D eigenvalue weighted by Gasteiger charge is -2.49. The Bertz CT molecular complexity index is 342. The average molecular weight is 248 g/mol. The highest BCUT2D eigenvalue weighted by molar-refractivity contribution is 5.85. The maximum absolute atomic E-state index is 12.6. The van der Waals surface area contributed by atoms with Gasteiger partial charge in [0.1, 0.15) is 5.92 Å². The molecule has 92 valence electrons. The number of allylic oxidation sites excluding steroid dienone is 1. The van der Waals surface area contributed by atoms with Crippen molar-refractivity contribution in [3.63, 3.8) is 0 Å². The number of halogens is 6. The van der Waals surface area contributed by atoms with Crippen LogP contribution in [0, 0.1) is 5.92 Å². The third kappa shape index (κ3) is 1.31. The summed E-state index contributed by atoms with van der Waals surface area (Å²) in [5, 5.41) is 8.28. The Morgan fingerprint density at radius 3 is 1.81 bits per heavy atom. The van der Waals surface area contributed by atoms with Crippen LogP contribution in [0.25, 0.3) is 0 Å². The standard InChI is InChI=1S/C8H6F6O2/c1-3(5(15)16)2-4-6(9,10)8(13,14)7(4,11)12/h2,4H,1H3,(H,15,16). The number of carboxylic acid groups (broad SMARTS) is 1. The first-order valence-corrected chi connectivity index (χ1v) is 4.01. The summed E-state index contributed by atoms with van der Waals surface area (Å²) in [5.41, 5.74) is -0.833. The van der Waals surface area contributed by atoms with Gasteiger partial charge in [0.15, 0.2) is 0 Å². The van der Waals surface area contributed by atoms with Gasteiger partial charge in [0.2, 0.25) is 0 Å². The van der Waals surface area contributed by atoms with Gasteiger partial charge >= 0.3 is 23.7 Å². The summed E-state index contributed by atoms with van der Waals surface area (Å²) in [6, 6.07) is 0. The van der Waals surface area contributed by atoms with Crippen molar-refractivity contribution in [1.82, 2.24) is 0 Å². The first kappa shape index (κ1) is 12.9. The maximum Gasteiger partial charge on any atom is 0.373 e. The number of aliphatic carboxylic acids is 1. The van der Waals surface area contributed by atoms with E-state index in [4.69, 9.17) is 5.11 Å². The Morgan fingerprint density at radius 2 is 1.50 bits per heavy atom. The summed E-state index contributed by atoms with van der Waals surface area (Å²) in [4.78, 5) is 10.2. The Hall–Kier alpha value is -1.21. The first-order chi connectivity index (χ1) is 6.96. The predicted octanol–water partition coefficient (Wildman–Crippen LogP) is 2.55. The van der Waals surface area contributed by atoms with E-state index in [0.717, 1.165) is 6.92 Å². The number of rotatable bonds is 2. The fraction of sp³-hybridized carbons (Fsp3) is 0.625. The van der Waals surface area contributed by atoms with Gasteiger partial charge in [0.05, 0.1) is 0 Å². The number of hydrogen-bond donors (Lipinski definition) is 1. The van der Waals surface area contributed by atoms with Crippen molar-refractivity contribution in [3.8, 4) is 0 Å². The Morgan fingerprint density at radius 1 is 1.12 bits per heavy atom. The SMILES string of the molecule is CC(=CC1C(F)(F)C(F)(F)C1(F)F)C(=O)O. The molecule has 0 aliphatic heterocycles. The van der Waals surface area contributed by atoms with Crippen LogP contribution in [-0.4, -0.2) is 28.8 Å². The largest absolute Gasteiger partial charge is 0.478 e. The molecule has 2 nitrogen and oxygen atoms in total. The Labute approximate surface area is 85.5 Å². The van der Waals surface area contributed by atoms with Gasteiger partial charge in [-0.15, -0.1) is 0 Å². The van der Waals surface area contributed by atoms with E-state index in [0.29, 0.717) is 0 Å². The Kier molecular flexibility index (Phi) is 2.53. The summed E-state index contributed by atoms with van der Waals surface area (Å²) in [6.07, 6.45) is -0.0419. The third-order valence-electron chi connectivity index (χ3n) is 2.37. The minimum Gasteiger partial charge on any atom is -0.478 e. The van der Waals surface area contributed by atoms with Crippen LogP contribution in [0.4, 0.5) is 26.3 Å². The fourth-order valence-electron chi connectivity index (χ4n) is 1.29. The molecule has 1 N–H and O–H groups in total. The van der Waals surface area contributed by atoms with Gasteiger partial charge in [-0.3, -0.25) is 0 Å². The van der Waals surface area contributed by atoms with Gasteiger partial charge in [-0.1, -0.05) is 6.08 Å². The molecular weight excluding hydrogens is 242 g/mol. The second-order valence-corrected chi connectivity index (χ2v) is 3.45. The lowest BCUT2D eigenvalue weighted by molar-refractivity contribution is -0.423. The van der Waals surface area contributed by atoms with Crippen molar-refractivity contribution >= 4 is 5.97 Å². The molecule has 0 aromatic carbocycles. The van der Waals surface area contributed by atoms with Crippen LogP contribution < -0.4 is 0 Å². The predicted molar refractivity (Wildman–Crippen MR) is 39.7 cm³/mol. The van der Waals surface area contributed by atoms with Crippen molar-refractivity contribution in [2.24, 2.45) is 5.92 Å². The van der Waals surface area contributed by atoms with Crippen molar-refractivity contribution < 1.29 is 36.2 Å². The van der Waals surface area contributed by atoms with Crippen molar-refractivity contribution in [2.75, 3.05) is 0 Å². The molecule has 0 bridgehead atoms. The average Bonchev–Trinajstić information content (AvgIpc) is 2.11. The van der Waals surface area contributed by atoms with Crippen molar-refractivity contribution in [2.45, 2.75) is 24.7 Å². The van der Waals surface area contributed by atoms with Crippen molar-refractivity contribution in [1.29, 1.82) is 0 Å². The second-order valence-electron chi connectivity index (χ2n) is 3.45. The highest BCUT2D eigenvalue weighted by atomic mass is 19.4. The van der Waals surface area contributed by atoms with Crippen LogP contribution >= 0.6 is 0 Å². The zero-order valence-corrected chi connectivity index (χ0v) is 7.78. The van der Waals surface area contributed by atoms with Gasteiger partial charge in [-0.25, -0.2) is 4.79 Å². The van der Waals surface area contributed by atoms with E-state index in [9.17, 15) is 31.1 Å². The van der Waals surface area contributed by atoms with E-state index in [2.05, 4.69) is 0 Å². The van der Waals surface area contributed by atoms with Crippen LogP contribution in [0.15, 0.2) is 11.6 Å². The summed E-state index contributed by atoms with van der Waals surface area (Å²) < 4.78 is 75.2. The molecule has 8 heteroatoms. The van der Waals surface area contributed by atoms with Gasteiger partial charge in [0.25, 0.3) is 0 Å². The topological polar surface area (TPSA) is 37.3 Å². The third-order valence-corrected chi connectivity index (χ3v) is 2.37. The van der Waals surface area contributed by atoms with Gasteiger partial charge in [0, 0.05) is 5.57 Å². The molecule has 1 aliphatic rings. The summed E-state index contributed by atoms with van der Waals surface area (Å²) >= 11 is 0. The van der Waals surface area contributed by atoms with Gasteiger partial charge < -0.3 is 5.11 Å². The Balaban J connectivity index is 3.10. The van der Waals surface area contributed by atoms with E-state index >= 15 is 0 Å². The first-order valence-electron chi connectivity index (χ1n) is 4.01. The number of alkyl halides is 6. The van der Waals surface area contributed by atoms with Gasteiger partial charge in [-0.05, 0) is 6.92 Å². The lowest BCUT2D eigenvalue weighted by atomic mass is 9.71. The van der Waals surface area contributed by atoms with Crippen LogP contribution in [0.1, 0.15) is 6.92 Å². The molecular formula is C8H6F6O2. The summed E-state index contributed by atoms with van der Waals surface area (Å²) in [6.45, 7) is 0.769. The molecule has 1 fully saturated rings. The van der Waals surface area contributed by atoms with Crippen LogP contribution in [-0.2, 0) is 4.79 Å². The van der Waals surface area contributed by atoms with Crippen LogP contribution in [0.5, 0.6) is 0 Å². The van der Waals surface area contributed by atoms with E-state index in [1.165, 1.54) is 0 Å². The van der Waals surface area contributed by atoms with Gasteiger partial charge in [-0.2, -0.15) is 26.3 Å². The van der Waals surface area contributed by atoms with E-state index in [1.807, 2.05) is 0 Å². The van der Waals surface area contributed by atoms with E-state index in [-0.39, 0.29) is 6.08 Å². The molecule has 0 saturated heterocycles. The molecule has 0 aromatic rings. The molecule has 0 spiro atoms. The lowest BCUT2D eigenvalue weighted by Crippen LogP contribution is -2.74. The summed E-state index contributed by atoms with van der Waals surface area (Å²) in [5.74, 6) is -20.1. The maximum atomic E-state index is 12.6. The van der Waals surface area contributed by atoms with E-state index in [1.54, 1.807) is 0 Å². The monoisotopic (exact) mass is 248 g/mol. The van der Waals surface area contributed by atoms with Crippen molar-refractivity contribution in [3.05, 3.63) is 11.6 Å². The highest BCUT2D eigenvalue weighted by Crippen LogP contribution is 2.65. The molecule has 0 atom stereocenters. The minimum atomic E-state index is -5.44. The van der Waals surface area contributed by atoms with Crippen LogP contribution in [0.2, 0.25) is 0 Å². The zero-order valence-electron chi connectivity index (χ0n) is 7.78. The quantitative estimate of drug-likeness (QED) is 0.602. The normalized spacial score (nSPS) is 27.3. The van der Waals surface area contributed by atoms with Crippen LogP contribution in [0.3, 0.4) is 0 Å². The smallest absolute Gasteiger partial charge is 0.373 e. The molecule has 0 heterocycles. The number of hydrogen-bond acceptors (Lipinski definition) is 1. The highest BCUT2D eigenvalue weighted by Gasteiger charge is 2.89. The zero-order chi connectivity index (χ0) is 12.9. The minimum absolute atomic E-state index is 0.0419. The second kappa shape index (κ2) is 3.14. The molecule has 0 radical (unpaired) electrons. The molecule has 16 heavy (non-hydrogen) atoms. The van der Waals surface area contributed by atoms with E-state index < -0.39 is 35.2 Å². The number of carbonyl (C=O) groups is 1. The molecule has 1 saturated carbocycles. The number of carboxylic acids is 1. The molecule has 1 aliphatic carbocycles. The molecule has 0 amide bonds.